The second-order valence-corrected chi connectivity index (χ2v) is 4.27. The fourth-order valence-corrected chi connectivity index (χ4v) is 2.07. The summed E-state index contributed by atoms with van der Waals surface area (Å²) >= 11 is 0. The zero-order valence-corrected chi connectivity index (χ0v) is 10.1. The van der Waals surface area contributed by atoms with E-state index in [-0.39, 0.29) is 5.97 Å². The number of carbonyl (C=O) groups is 1. The lowest BCUT2D eigenvalue weighted by molar-refractivity contribution is -0.134. The predicted molar refractivity (Wildman–Crippen MR) is 66.4 cm³/mol. The molecule has 0 spiro atoms. The minimum Gasteiger partial charge on any atom is -0.466 e. The van der Waals surface area contributed by atoms with E-state index in [1.165, 1.54) is 12.7 Å². The quantitative estimate of drug-likeness (QED) is 0.588. The van der Waals surface area contributed by atoms with Crippen molar-refractivity contribution in [1.82, 2.24) is 4.90 Å². The first-order valence-corrected chi connectivity index (χ1v) is 5.81. The number of benzene rings is 1. The summed E-state index contributed by atoms with van der Waals surface area (Å²) < 4.78 is 4.63. The predicted octanol–water partition coefficient (Wildman–Crippen LogP) is 1.99. The van der Waals surface area contributed by atoms with E-state index in [1.807, 2.05) is 6.07 Å². The highest BCUT2D eigenvalue weighted by molar-refractivity contribution is 5.82. The van der Waals surface area contributed by atoms with Crippen LogP contribution < -0.4 is 0 Å². The van der Waals surface area contributed by atoms with Crippen LogP contribution in [-0.4, -0.2) is 31.1 Å². The van der Waals surface area contributed by atoms with E-state index >= 15 is 0 Å². The minimum atomic E-state index is -0.249. The molecule has 2 rings (SSSR count). The summed E-state index contributed by atoms with van der Waals surface area (Å²) in [6.07, 6.45) is 2.58. The molecule has 17 heavy (non-hydrogen) atoms. The molecule has 3 heteroatoms. The van der Waals surface area contributed by atoms with Gasteiger partial charge in [-0.25, -0.2) is 4.79 Å². The Kier molecular flexibility index (Phi) is 3.94. The molecular formula is C14H17NO2. The van der Waals surface area contributed by atoms with Crippen molar-refractivity contribution < 1.29 is 9.53 Å². The van der Waals surface area contributed by atoms with Crippen LogP contribution in [0.3, 0.4) is 0 Å². The van der Waals surface area contributed by atoms with Crippen molar-refractivity contribution >= 4 is 5.97 Å². The van der Waals surface area contributed by atoms with Crippen LogP contribution in [0.1, 0.15) is 12.0 Å². The Bertz CT molecular complexity index is 411. The van der Waals surface area contributed by atoms with Gasteiger partial charge in [-0.3, -0.25) is 4.90 Å². The van der Waals surface area contributed by atoms with Gasteiger partial charge < -0.3 is 4.74 Å². The second kappa shape index (κ2) is 5.64. The summed E-state index contributed by atoms with van der Waals surface area (Å²) in [7, 11) is 1.41. The third-order valence-electron chi connectivity index (χ3n) is 2.95. The van der Waals surface area contributed by atoms with E-state index in [4.69, 9.17) is 0 Å². The lowest BCUT2D eigenvalue weighted by Crippen LogP contribution is -2.18. The molecule has 0 amide bonds. The number of rotatable bonds is 3. The molecule has 1 aromatic rings. The number of likely N-dealkylation sites (tertiary alicyclic amines) is 1. The van der Waals surface area contributed by atoms with E-state index in [0.29, 0.717) is 0 Å². The van der Waals surface area contributed by atoms with Crippen LogP contribution >= 0.6 is 0 Å². The normalized spacial score (nSPS) is 18.5. The second-order valence-electron chi connectivity index (χ2n) is 4.27. The molecule has 1 heterocycles. The molecule has 0 N–H and O–H groups in total. The first-order chi connectivity index (χ1) is 8.28. The maximum absolute atomic E-state index is 11.1. The summed E-state index contributed by atoms with van der Waals surface area (Å²) in [5.74, 6) is -0.249. The number of esters is 1. The molecule has 0 atom stereocenters. The number of carbonyl (C=O) groups excluding carboxylic acids is 1. The van der Waals surface area contributed by atoms with Crippen molar-refractivity contribution in [2.24, 2.45) is 0 Å². The maximum atomic E-state index is 11.1. The number of hydrogen-bond acceptors (Lipinski definition) is 3. The Balaban J connectivity index is 1.90. The Labute approximate surface area is 102 Å². The van der Waals surface area contributed by atoms with Crippen LogP contribution in [0, 0.1) is 0 Å². The van der Waals surface area contributed by atoms with Gasteiger partial charge in [-0.1, -0.05) is 30.3 Å². The monoisotopic (exact) mass is 231 g/mol. The van der Waals surface area contributed by atoms with Crippen molar-refractivity contribution in [2.45, 2.75) is 13.0 Å². The smallest absolute Gasteiger partial charge is 0.330 e. The summed E-state index contributed by atoms with van der Waals surface area (Å²) in [6.45, 7) is 2.82. The molecule has 0 radical (unpaired) electrons. The van der Waals surface area contributed by atoms with Crippen LogP contribution in [0.2, 0.25) is 0 Å². The fourth-order valence-electron chi connectivity index (χ4n) is 2.07. The SMILES string of the molecule is COC(=O)/C=C1\CCN(Cc2ccccc2)C1. The largest absolute Gasteiger partial charge is 0.466 e. The minimum absolute atomic E-state index is 0.249. The van der Waals surface area contributed by atoms with E-state index in [2.05, 4.69) is 33.9 Å². The summed E-state index contributed by atoms with van der Waals surface area (Å²) in [5, 5.41) is 0. The molecule has 90 valence electrons. The van der Waals surface area contributed by atoms with Crippen LogP contribution in [-0.2, 0) is 16.1 Å². The van der Waals surface area contributed by atoms with Gasteiger partial charge in [-0.05, 0) is 17.6 Å². The molecular weight excluding hydrogens is 214 g/mol. The molecule has 1 aromatic carbocycles. The zero-order valence-electron chi connectivity index (χ0n) is 10.1. The number of methoxy groups -OCH3 is 1. The van der Waals surface area contributed by atoms with Crippen molar-refractivity contribution in [2.75, 3.05) is 20.2 Å². The molecule has 1 fully saturated rings. The molecule has 1 aliphatic heterocycles. The van der Waals surface area contributed by atoms with Crippen LogP contribution in [0.15, 0.2) is 42.0 Å². The van der Waals surface area contributed by atoms with Gasteiger partial charge in [0.1, 0.15) is 0 Å². The Hall–Kier alpha value is -1.61. The lowest BCUT2D eigenvalue weighted by atomic mass is 10.2. The average molecular weight is 231 g/mol. The van der Waals surface area contributed by atoms with Crippen LogP contribution in [0.4, 0.5) is 0 Å². The highest BCUT2D eigenvalue weighted by Gasteiger charge is 2.17. The third kappa shape index (κ3) is 3.43. The van der Waals surface area contributed by atoms with Gasteiger partial charge in [0.15, 0.2) is 0 Å². The highest BCUT2D eigenvalue weighted by Crippen LogP contribution is 2.17. The summed E-state index contributed by atoms with van der Waals surface area (Å²) in [6, 6.07) is 10.4. The van der Waals surface area contributed by atoms with Crippen molar-refractivity contribution in [3.8, 4) is 0 Å². The Morgan fingerprint density at radius 3 is 2.88 bits per heavy atom. The Morgan fingerprint density at radius 2 is 2.18 bits per heavy atom. The molecule has 0 bridgehead atoms. The average Bonchev–Trinajstić information content (AvgIpc) is 2.77. The number of ether oxygens (including phenoxy) is 1. The van der Waals surface area contributed by atoms with Crippen molar-refractivity contribution in [3.05, 3.63) is 47.5 Å². The van der Waals surface area contributed by atoms with Gasteiger partial charge in [-0.15, -0.1) is 0 Å². The summed E-state index contributed by atoms with van der Waals surface area (Å²) in [4.78, 5) is 13.5. The van der Waals surface area contributed by atoms with Gasteiger partial charge in [0.05, 0.1) is 7.11 Å². The first kappa shape index (κ1) is 11.9. The van der Waals surface area contributed by atoms with Gasteiger partial charge >= 0.3 is 5.97 Å². The molecule has 0 saturated carbocycles. The molecule has 0 aliphatic carbocycles. The van der Waals surface area contributed by atoms with E-state index < -0.39 is 0 Å². The topological polar surface area (TPSA) is 29.5 Å². The van der Waals surface area contributed by atoms with E-state index in [9.17, 15) is 4.79 Å². The molecule has 0 aromatic heterocycles. The zero-order chi connectivity index (χ0) is 12.1. The van der Waals surface area contributed by atoms with Crippen molar-refractivity contribution in [3.63, 3.8) is 0 Å². The van der Waals surface area contributed by atoms with Gasteiger partial charge in [0, 0.05) is 25.7 Å². The highest BCUT2D eigenvalue weighted by atomic mass is 16.5. The number of hydrogen-bond donors (Lipinski definition) is 0. The first-order valence-electron chi connectivity index (χ1n) is 5.81. The van der Waals surface area contributed by atoms with E-state index in [1.54, 1.807) is 6.08 Å². The van der Waals surface area contributed by atoms with E-state index in [0.717, 1.165) is 31.6 Å². The molecule has 3 nitrogen and oxygen atoms in total. The van der Waals surface area contributed by atoms with Gasteiger partial charge in [0.2, 0.25) is 0 Å². The summed E-state index contributed by atoms with van der Waals surface area (Å²) in [5.41, 5.74) is 2.47. The Morgan fingerprint density at radius 1 is 1.41 bits per heavy atom. The van der Waals surface area contributed by atoms with Gasteiger partial charge in [0.25, 0.3) is 0 Å². The molecule has 1 aliphatic rings. The standard InChI is InChI=1S/C14H17NO2/c1-17-14(16)9-13-7-8-15(11-13)10-12-5-3-2-4-6-12/h2-6,9H,7-8,10-11H2,1H3/b13-9+. The van der Waals surface area contributed by atoms with Crippen LogP contribution in [0.5, 0.6) is 0 Å². The molecule has 1 saturated heterocycles. The fraction of sp³-hybridized carbons (Fsp3) is 0.357. The lowest BCUT2D eigenvalue weighted by Gasteiger charge is -2.13. The van der Waals surface area contributed by atoms with Crippen LogP contribution in [0.25, 0.3) is 0 Å². The third-order valence-corrected chi connectivity index (χ3v) is 2.95. The van der Waals surface area contributed by atoms with Gasteiger partial charge in [-0.2, -0.15) is 0 Å². The number of nitrogens with zero attached hydrogens (tertiary/aromatic N) is 1. The maximum Gasteiger partial charge on any atom is 0.330 e. The molecule has 0 unspecified atom stereocenters. The van der Waals surface area contributed by atoms with Crippen molar-refractivity contribution in [1.29, 1.82) is 0 Å².